The fourth-order valence-electron chi connectivity index (χ4n) is 1.84. The minimum Gasteiger partial charge on any atom is -0.352 e. The van der Waals surface area contributed by atoms with Gasteiger partial charge in [-0.3, -0.25) is 4.79 Å². The van der Waals surface area contributed by atoms with E-state index in [9.17, 15) is 9.18 Å². The SMILES string of the molecule is CCCCC(CN)NC(=O)Cc1c(F)cccc1Cl.Cl. The Kier molecular flexibility index (Phi) is 9.55. The van der Waals surface area contributed by atoms with E-state index in [1.807, 2.05) is 0 Å². The summed E-state index contributed by atoms with van der Waals surface area (Å²) in [5.74, 6) is -0.709. The third kappa shape index (κ3) is 6.07. The van der Waals surface area contributed by atoms with E-state index < -0.39 is 5.82 Å². The Labute approximate surface area is 130 Å². The lowest BCUT2D eigenvalue weighted by molar-refractivity contribution is -0.121. The first-order valence-electron chi connectivity index (χ1n) is 6.50. The van der Waals surface area contributed by atoms with Crippen LogP contribution in [0.15, 0.2) is 18.2 Å². The Morgan fingerprint density at radius 2 is 2.20 bits per heavy atom. The molecule has 0 saturated heterocycles. The third-order valence-corrected chi connectivity index (χ3v) is 3.31. The Hall–Kier alpha value is -0.840. The monoisotopic (exact) mass is 322 g/mol. The van der Waals surface area contributed by atoms with Gasteiger partial charge in [-0.15, -0.1) is 12.4 Å². The highest BCUT2D eigenvalue weighted by molar-refractivity contribution is 6.31. The van der Waals surface area contributed by atoms with Gasteiger partial charge in [0.2, 0.25) is 5.91 Å². The maximum atomic E-state index is 13.5. The summed E-state index contributed by atoms with van der Waals surface area (Å²) in [5, 5.41) is 3.09. The van der Waals surface area contributed by atoms with E-state index in [1.165, 1.54) is 12.1 Å². The van der Waals surface area contributed by atoms with Crippen LogP contribution in [0.25, 0.3) is 0 Å². The quantitative estimate of drug-likeness (QED) is 0.810. The topological polar surface area (TPSA) is 55.1 Å². The number of rotatable bonds is 7. The molecule has 0 aromatic heterocycles. The molecule has 1 atom stereocenters. The van der Waals surface area contributed by atoms with Gasteiger partial charge in [0.25, 0.3) is 0 Å². The summed E-state index contributed by atoms with van der Waals surface area (Å²) in [7, 11) is 0. The number of nitrogens with one attached hydrogen (secondary N) is 1. The first-order chi connectivity index (χ1) is 9.08. The van der Waals surface area contributed by atoms with E-state index in [-0.39, 0.29) is 41.4 Å². The minimum absolute atomic E-state index is 0. The molecule has 1 aromatic carbocycles. The van der Waals surface area contributed by atoms with Crippen molar-refractivity contribution in [3.05, 3.63) is 34.6 Å². The molecule has 6 heteroatoms. The summed E-state index contributed by atoms with van der Waals surface area (Å²) in [6.45, 7) is 2.46. The van der Waals surface area contributed by atoms with E-state index in [4.69, 9.17) is 17.3 Å². The second kappa shape index (κ2) is 9.97. The minimum atomic E-state index is -0.458. The molecule has 3 nitrogen and oxygen atoms in total. The molecular formula is C14H21Cl2FN2O. The second-order valence-corrected chi connectivity index (χ2v) is 4.93. The number of benzene rings is 1. The molecule has 0 saturated carbocycles. The highest BCUT2D eigenvalue weighted by Crippen LogP contribution is 2.19. The zero-order valence-corrected chi connectivity index (χ0v) is 13.1. The molecule has 1 unspecified atom stereocenters. The lowest BCUT2D eigenvalue weighted by Crippen LogP contribution is -2.41. The van der Waals surface area contributed by atoms with Gasteiger partial charge in [-0.05, 0) is 18.6 Å². The zero-order chi connectivity index (χ0) is 14.3. The van der Waals surface area contributed by atoms with Gasteiger partial charge in [0.1, 0.15) is 5.82 Å². The number of unbranched alkanes of at least 4 members (excludes halogenated alkanes) is 1. The van der Waals surface area contributed by atoms with Crippen LogP contribution in [0.4, 0.5) is 4.39 Å². The van der Waals surface area contributed by atoms with Crippen molar-refractivity contribution >= 4 is 29.9 Å². The molecule has 0 radical (unpaired) electrons. The van der Waals surface area contributed by atoms with Gasteiger partial charge >= 0.3 is 0 Å². The number of hydrogen-bond acceptors (Lipinski definition) is 2. The first kappa shape index (κ1) is 19.2. The Morgan fingerprint density at radius 3 is 2.75 bits per heavy atom. The van der Waals surface area contributed by atoms with Crippen LogP contribution in [0.3, 0.4) is 0 Å². The lowest BCUT2D eigenvalue weighted by atomic mass is 10.1. The highest BCUT2D eigenvalue weighted by atomic mass is 35.5. The van der Waals surface area contributed by atoms with Crippen molar-refractivity contribution in [3.63, 3.8) is 0 Å². The fraction of sp³-hybridized carbons (Fsp3) is 0.500. The van der Waals surface area contributed by atoms with E-state index in [0.717, 1.165) is 19.3 Å². The second-order valence-electron chi connectivity index (χ2n) is 4.52. The van der Waals surface area contributed by atoms with Crippen molar-refractivity contribution in [2.24, 2.45) is 5.73 Å². The molecule has 0 aliphatic rings. The Balaban J connectivity index is 0.00000361. The van der Waals surface area contributed by atoms with E-state index in [1.54, 1.807) is 6.07 Å². The van der Waals surface area contributed by atoms with Crippen molar-refractivity contribution < 1.29 is 9.18 Å². The summed E-state index contributed by atoms with van der Waals surface area (Å²) in [6, 6.07) is 4.33. The molecule has 0 bridgehead atoms. The predicted octanol–water partition coefficient (Wildman–Crippen LogP) is 3.08. The summed E-state index contributed by atoms with van der Waals surface area (Å²) >= 11 is 5.88. The number of nitrogens with two attached hydrogens (primary N) is 1. The van der Waals surface area contributed by atoms with Crippen LogP contribution in [0.5, 0.6) is 0 Å². The maximum Gasteiger partial charge on any atom is 0.224 e. The van der Waals surface area contributed by atoms with Crippen LogP contribution in [0.1, 0.15) is 31.7 Å². The van der Waals surface area contributed by atoms with Crippen molar-refractivity contribution in [3.8, 4) is 0 Å². The number of hydrogen-bond donors (Lipinski definition) is 2. The average molecular weight is 323 g/mol. The molecular weight excluding hydrogens is 302 g/mol. The van der Waals surface area contributed by atoms with Crippen molar-refractivity contribution in [1.29, 1.82) is 0 Å². The summed E-state index contributed by atoms with van der Waals surface area (Å²) in [6.07, 6.45) is 2.83. The molecule has 1 amide bonds. The molecule has 20 heavy (non-hydrogen) atoms. The molecule has 114 valence electrons. The van der Waals surface area contributed by atoms with E-state index in [0.29, 0.717) is 6.54 Å². The summed E-state index contributed by atoms with van der Waals surface area (Å²) in [4.78, 5) is 11.9. The summed E-state index contributed by atoms with van der Waals surface area (Å²) < 4.78 is 13.5. The first-order valence-corrected chi connectivity index (χ1v) is 6.88. The van der Waals surface area contributed by atoms with Gasteiger partial charge in [-0.1, -0.05) is 37.4 Å². The van der Waals surface area contributed by atoms with Gasteiger partial charge in [0.15, 0.2) is 0 Å². The van der Waals surface area contributed by atoms with Crippen LogP contribution in [0.2, 0.25) is 5.02 Å². The smallest absolute Gasteiger partial charge is 0.224 e. The average Bonchev–Trinajstić information content (AvgIpc) is 2.39. The molecule has 1 rings (SSSR count). The largest absolute Gasteiger partial charge is 0.352 e. The molecule has 0 fully saturated rings. The van der Waals surface area contributed by atoms with Crippen LogP contribution in [-0.4, -0.2) is 18.5 Å². The fourth-order valence-corrected chi connectivity index (χ4v) is 2.07. The van der Waals surface area contributed by atoms with Gasteiger partial charge in [-0.2, -0.15) is 0 Å². The molecule has 0 heterocycles. The van der Waals surface area contributed by atoms with Crippen molar-refractivity contribution in [2.45, 2.75) is 38.6 Å². The van der Waals surface area contributed by atoms with Crippen LogP contribution >= 0.6 is 24.0 Å². The number of halogens is 3. The van der Waals surface area contributed by atoms with Crippen LogP contribution in [0, 0.1) is 5.82 Å². The van der Waals surface area contributed by atoms with Crippen LogP contribution < -0.4 is 11.1 Å². The van der Waals surface area contributed by atoms with E-state index >= 15 is 0 Å². The molecule has 3 N–H and O–H groups in total. The maximum absolute atomic E-state index is 13.5. The number of amides is 1. The highest BCUT2D eigenvalue weighted by Gasteiger charge is 2.14. The summed E-state index contributed by atoms with van der Waals surface area (Å²) in [5.41, 5.74) is 5.83. The number of carbonyl (C=O) groups is 1. The molecule has 1 aromatic rings. The molecule has 0 spiro atoms. The van der Waals surface area contributed by atoms with Crippen molar-refractivity contribution in [1.82, 2.24) is 5.32 Å². The normalized spacial score (nSPS) is 11.6. The van der Waals surface area contributed by atoms with E-state index in [2.05, 4.69) is 12.2 Å². The lowest BCUT2D eigenvalue weighted by Gasteiger charge is -2.16. The third-order valence-electron chi connectivity index (χ3n) is 2.95. The van der Waals surface area contributed by atoms with Gasteiger partial charge in [0, 0.05) is 23.2 Å². The van der Waals surface area contributed by atoms with Gasteiger partial charge < -0.3 is 11.1 Å². The van der Waals surface area contributed by atoms with Gasteiger partial charge in [-0.25, -0.2) is 4.39 Å². The van der Waals surface area contributed by atoms with Crippen molar-refractivity contribution in [2.75, 3.05) is 6.54 Å². The number of carbonyl (C=O) groups excluding carboxylic acids is 1. The Bertz CT molecular complexity index is 409. The standard InChI is InChI=1S/C14H20ClFN2O.ClH/c1-2-3-5-10(9-17)18-14(19)8-11-12(15)6-4-7-13(11)16;/h4,6-7,10H,2-3,5,8-9,17H2,1H3,(H,18,19);1H. The van der Waals surface area contributed by atoms with Crippen LogP contribution in [-0.2, 0) is 11.2 Å². The Morgan fingerprint density at radius 1 is 1.50 bits per heavy atom. The molecule has 0 aliphatic carbocycles. The molecule has 0 aliphatic heterocycles. The zero-order valence-electron chi connectivity index (χ0n) is 11.5. The predicted molar refractivity (Wildman–Crippen MR) is 82.9 cm³/mol. The van der Waals surface area contributed by atoms with Gasteiger partial charge in [0.05, 0.1) is 6.42 Å².